The van der Waals surface area contributed by atoms with Crippen molar-refractivity contribution in [1.29, 1.82) is 0 Å². The molecule has 0 saturated carbocycles. The largest absolute Gasteiger partial charge is 0.497 e. The number of nitro benzene ring substituents is 1. The molecule has 7 aromatic rings. The highest BCUT2D eigenvalue weighted by Crippen LogP contribution is 2.37. The van der Waals surface area contributed by atoms with Crippen LogP contribution in [0, 0.1) is 10.1 Å². The lowest BCUT2D eigenvalue weighted by Crippen LogP contribution is -2.40. The summed E-state index contributed by atoms with van der Waals surface area (Å²) in [6, 6.07) is 43.9. The van der Waals surface area contributed by atoms with Crippen molar-refractivity contribution in [1.82, 2.24) is 9.13 Å². The van der Waals surface area contributed by atoms with Crippen LogP contribution in [0.25, 0.3) is 34.3 Å². The number of ether oxygens (including phenoxy) is 1. The molecule has 0 saturated heterocycles. The molecule has 1 amide bonds. The maximum Gasteiger partial charge on any atom is 0.271 e. The first-order chi connectivity index (χ1) is 26.8. The van der Waals surface area contributed by atoms with Gasteiger partial charge in [0.15, 0.2) is 4.80 Å². The fraction of sp³-hybridized carbons (Fsp3) is 0.0682. The number of carbonyl (C=O) groups excluding carboxylic acids is 1. The summed E-state index contributed by atoms with van der Waals surface area (Å²) in [4.78, 5) is 45.3. The number of allylic oxidation sites excluding steroid dienone is 1. The van der Waals surface area contributed by atoms with Gasteiger partial charge in [0.1, 0.15) is 5.75 Å². The molecule has 1 aliphatic rings. The molecule has 8 rings (SSSR count). The maximum atomic E-state index is 14.8. The van der Waals surface area contributed by atoms with Gasteiger partial charge in [-0.15, -0.1) is 0 Å². The van der Waals surface area contributed by atoms with E-state index in [1.165, 1.54) is 23.5 Å². The summed E-state index contributed by atoms with van der Waals surface area (Å²) in [5, 5.41) is 14.6. The number of non-ortho nitro benzene ring substituents is 1. The van der Waals surface area contributed by atoms with Crippen molar-refractivity contribution in [2.75, 3.05) is 12.4 Å². The summed E-state index contributed by atoms with van der Waals surface area (Å²) in [5.41, 5.74) is 6.72. The molecule has 0 radical (unpaired) electrons. The summed E-state index contributed by atoms with van der Waals surface area (Å²) in [7, 11) is 1.57. The number of aromatic nitrogens is 2. The van der Waals surface area contributed by atoms with Crippen LogP contribution in [-0.4, -0.2) is 27.1 Å². The maximum absolute atomic E-state index is 14.8. The van der Waals surface area contributed by atoms with E-state index in [1.54, 1.807) is 42.9 Å². The molecule has 10 nitrogen and oxygen atoms in total. The van der Waals surface area contributed by atoms with Gasteiger partial charge in [0.25, 0.3) is 17.2 Å². The van der Waals surface area contributed by atoms with Gasteiger partial charge in [-0.2, -0.15) is 0 Å². The highest BCUT2D eigenvalue weighted by atomic mass is 32.1. The summed E-state index contributed by atoms with van der Waals surface area (Å²) < 4.78 is 9.63. The fourth-order valence-corrected chi connectivity index (χ4v) is 7.98. The number of hydrogen-bond donors (Lipinski definition) is 1. The molecule has 0 aliphatic carbocycles. The number of nitrogens with zero attached hydrogens (tertiary/aromatic N) is 4. The van der Waals surface area contributed by atoms with E-state index in [1.807, 2.05) is 115 Å². The molecule has 1 N–H and O–H groups in total. The Hall–Kier alpha value is -7.11. The van der Waals surface area contributed by atoms with E-state index in [2.05, 4.69) is 9.88 Å². The number of amides is 1. The van der Waals surface area contributed by atoms with Crippen LogP contribution in [0.4, 0.5) is 11.4 Å². The monoisotopic (exact) mass is 743 g/mol. The normalized spacial score (nSPS) is 13.9. The lowest BCUT2D eigenvalue weighted by atomic mass is 9.95. The van der Waals surface area contributed by atoms with Crippen molar-refractivity contribution in [3.05, 3.63) is 198 Å². The number of hydrogen-bond acceptors (Lipinski definition) is 7. The number of rotatable bonds is 9. The summed E-state index contributed by atoms with van der Waals surface area (Å²) in [6.07, 6.45) is 1.87. The second kappa shape index (κ2) is 14.7. The van der Waals surface area contributed by atoms with E-state index >= 15 is 0 Å². The van der Waals surface area contributed by atoms with Crippen LogP contribution in [-0.2, 0) is 4.79 Å². The molecule has 1 atom stereocenters. The Morgan fingerprint density at radius 3 is 2.16 bits per heavy atom. The van der Waals surface area contributed by atoms with Gasteiger partial charge in [-0.3, -0.25) is 24.3 Å². The minimum Gasteiger partial charge on any atom is -0.497 e. The second-order valence-corrected chi connectivity index (χ2v) is 13.9. The molecule has 1 aliphatic heterocycles. The van der Waals surface area contributed by atoms with Gasteiger partial charge in [-0.1, -0.05) is 102 Å². The topological polar surface area (TPSA) is 121 Å². The lowest BCUT2D eigenvalue weighted by molar-refractivity contribution is -0.384. The Bertz CT molecular complexity index is 2790. The standard InChI is InChI=1S/C44H33N5O5S/c1-28-39(42(50)46-33-18-10-5-11-19-33)41(31-17-12-20-36(25-31)54-2)48-43(51)38(55-44(48)45-28)27-32-26-37(29-13-6-3-7-14-29)47(40(32)30-15-8-4-9-16-30)34-21-23-35(24-22-34)49(52)53/h3-27,41H,1-2H3,(H,46,50)/b38-27-/t41-/m0/s1. The molecule has 2 aromatic heterocycles. The minimum atomic E-state index is -0.796. The molecule has 270 valence electrons. The number of carbonyl (C=O) groups is 1. The molecule has 0 fully saturated rings. The molecule has 3 heterocycles. The third-order valence-electron chi connectivity index (χ3n) is 9.46. The zero-order valence-electron chi connectivity index (χ0n) is 29.7. The summed E-state index contributed by atoms with van der Waals surface area (Å²) in [6.45, 7) is 1.79. The number of nitro groups is 1. The quantitative estimate of drug-likeness (QED) is 0.119. The number of nitrogens with one attached hydrogen (secondary N) is 1. The lowest BCUT2D eigenvalue weighted by Gasteiger charge is -2.25. The van der Waals surface area contributed by atoms with Crippen molar-refractivity contribution >= 4 is 34.7 Å². The summed E-state index contributed by atoms with van der Waals surface area (Å²) >= 11 is 1.25. The predicted molar refractivity (Wildman–Crippen MR) is 215 cm³/mol. The van der Waals surface area contributed by atoms with Gasteiger partial charge >= 0.3 is 0 Å². The van der Waals surface area contributed by atoms with Gasteiger partial charge < -0.3 is 14.6 Å². The zero-order chi connectivity index (χ0) is 38.1. The molecule has 0 bridgehead atoms. The Morgan fingerprint density at radius 1 is 0.855 bits per heavy atom. The number of para-hydroxylation sites is 1. The molecule has 0 unspecified atom stereocenters. The predicted octanol–water partition coefficient (Wildman–Crippen LogP) is 7.92. The van der Waals surface area contributed by atoms with E-state index in [-0.39, 0.29) is 17.2 Å². The minimum absolute atomic E-state index is 0.0162. The molecule has 11 heteroatoms. The molecule has 55 heavy (non-hydrogen) atoms. The van der Waals surface area contributed by atoms with E-state index in [0.717, 1.165) is 28.1 Å². The summed E-state index contributed by atoms with van der Waals surface area (Å²) in [5.74, 6) is 0.221. The third-order valence-corrected chi connectivity index (χ3v) is 10.4. The zero-order valence-corrected chi connectivity index (χ0v) is 30.6. The highest BCUT2D eigenvalue weighted by Gasteiger charge is 2.33. The first kappa shape index (κ1) is 34.9. The van der Waals surface area contributed by atoms with Crippen molar-refractivity contribution in [2.24, 2.45) is 4.99 Å². The second-order valence-electron chi connectivity index (χ2n) is 12.9. The Labute approximate surface area is 319 Å². The number of methoxy groups -OCH3 is 1. The van der Waals surface area contributed by atoms with Gasteiger partial charge in [-0.25, -0.2) is 4.99 Å². The Kier molecular flexibility index (Phi) is 9.36. The van der Waals surface area contributed by atoms with Crippen LogP contribution in [0.1, 0.15) is 24.1 Å². The van der Waals surface area contributed by atoms with E-state index in [4.69, 9.17) is 9.73 Å². The fourth-order valence-electron chi connectivity index (χ4n) is 6.94. The van der Waals surface area contributed by atoms with Gasteiger partial charge in [0, 0.05) is 29.1 Å². The Balaban J connectivity index is 1.36. The molecular weight excluding hydrogens is 711 g/mol. The van der Waals surface area contributed by atoms with Crippen LogP contribution in [0.2, 0.25) is 0 Å². The van der Waals surface area contributed by atoms with Crippen LogP contribution in [0.3, 0.4) is 0 Å². The van der Waals surface area contributed by atoms with Crippen LogP contribution in [0.15, 0.2) is 167 Å². The number of fused-ring (bicyclic) bond motifs is 1. The molecule has 0 spiro atoms. The van der Waals surface area contributed by atoms with E-state index in [9.17, 15) is 19.7 Å². The Morgan fingerprint density at radius 2 is 1.51 bits per heavy atom. The molecule has 5 aromatic carbocycles. The third kappa shape index (κ3) is 6.68. The first-order valence-corrected chi connectivity index (χ1v) is 18.3. The van der Waals surface area contributed by atoms with Gasteiger partial charge in [-0.05, 0) is 72.2 Å². The van der Waals surface area contributed by atoms with Crippen molar-refractivity contribution in [3.63, 3.8) is 0 Å². The number of anilines is 1. The smallest absolute Gasteiger partial charge is 0.271 e. The van der Waals surface area contributed by atoms with E-state index in [0.29, 0.717) is 43.3 Å². The average Bonchev–Trinajstić information content (AvgIpc) is 3.74. The van der Waals surface area contributed by atoms with Gasteiger partial charge in [0.05, 0.1) is 45.3 Å². The van der Waals surface area contributed by atoms with Crippen molar-refractivity contribution in [2.45, 2.75) is 13.0 Å². The van der Waals surface area contributed by atoms with Gasteiger partial charge in [0.2, 0.25) is 0 Å². The van der Waals surface area contributed by atoms with Crippen LogP contribution >= 0.6 is 11.3 Å². The van der Waals surface area contributed by atoms with Crippen LogP contribution in [0.5, 0.6) is 5.75 Å². The number of thiazole rings is 1. The number of benzene rings is 5. The van der Waals surface area contributed by atoms with E-state index < -0.39 is 11.0 Å². The van der Waals surface area contributed by atoms with Crippen molar-refractivity contribution < 1.29 is 14.5 Å². The van der Waals surface area contributed by atoms with Crippen LogP contribution < -0.4 is 24.9 Å². The SMILES string of the molecule is COc1cccc([C@H]2C(C(=O)Nc3ccccc3)=C(C)N=c3s/c(=C\c4cc(-c5ccccc5)n(-c5ccc([N+](=O)[O-])cc5)c4-c4ccccc4)c(=O)n32)c1. The highest BCUT2D eigenvalue weighted by molar-refractivity contribution is 7.07. The molecular formula is C44H33N5O5S. The van der Waals surface area contributed by atoms with Crippen molar-refractivity contribution in [3.8, 4) is 34.0 Å². The first-order valence-electron chi connectivity index (χ1n) is 17.4. The average molecular weight is 744 g/mol.